The Morgan fingerprint density at radius 2 is 1.57 bits per heavy atom. The van der Waals surface area contributed by atoms with Gasteiger partial charge in [-0.3, -0.25) is 0 Å². The van der Waals surface area contributed by atoms with Crippen LogP contribution in [-0.2, 0) is 4.74 Å². The van der Waals surface area contributed by atoms with Crippen molar-refractivity contribution in [2.24, 2.45) is 22.7 Å². The van der Waals surface area contributed by atoms with E-state index in [9.17, 15) is 0 Å². The highest BCUT2D eigenvalue weighted by atomic mass is 16.5. The molecule has 3 rings (SSSR count). The van der Waals surface area contributed by atoms with Crippen LogP contribution in [0.3, 0.4) is 0 Å². The maximum atomic E-state index is 6.68. The molecule has 0 aromatic carbocycles. The molecule has 2 saturated carbocycles. The molecule has 2 aliphatic carbocycles. The molecule has 0 aromatic heterocycles. The number of hydrogen-bond donors (Lipinski definition) is 0. The molecule has 1 heterocycles. The van der Waals surface area contributed by atoms with E-state index in [4.69, 9.17) is 4.74 Å². The standard InChI is InChI=1S/C20H34O/c1-7-18(4)13-9-16-19(5)12-8-11-17(2,3)15(19)10-14-20(16,6)21-18/h7,15-16H,1,8-14H2,2-6H3/t15-,16+,18-,19-,20-/m0/s1. The van der Waals surface area contributed by atoms with E-state index in [0.29, 0.717) is 10.8 Å². The van der Waals surface area contributed by atoms with Crippen LogP contribution in [0.1, 0.15) is 79.6 Å². The summed E-state index contributed by atoms with van der Waals surface area (Å²) in [6.07, 6.45) is 11.2. The lowest BCUT2D eigenvalue weighted by Crippen LogP contribution is -2.62. The molecule has 5 atom stereocenters. The minimum atomic E-state index is -0.112. The number of fused-ring (bicyclic) bond motifs is 3. The molecule has 1 nitrogen and oxygen atoms in total. The lowest BCUT2D eigenvalue weighted by Gasteiger charge is -2.65. The van der Waals surface area contributed by atoms with Crippen LogP contribution < -0.4 is 0 Å². The zero-order valence-electron chi connectivity index (χ0n) is 14.8. The van der Waals surface area contributed by atoms with Crippen molar-refractivity contribution in [2.75, 3.05) is 0 Å². The predicted molar refractivity (Wildman–Crippen MR) is 89.3 cm³/mol. The van der Waals surface area contributed by atoms with Crippen molar-refractivity contribution < 1.29 is 4.74 Å². The fourth-order valence-electron chi connectivity index (χ4n) is 6.52. The Morgan fingerprint density at radius 3 is 2.24 bits per heavy atom. The molecule has 0 spiro atoms. The van der Waals surface area contributed by atoms with Crippen molar-refractivity contribution in [3.63, 3.8) is 0 Å². The second kappa shape index (κ2) is 4.60. The van der Waals surface area contributed by atoms with Crippen LogP contribution in [-0.4, -0.2) is 11.2 Å². The third-order valence-electron chi connectivity index (χ3n) is 7.57. The Bertz CT molecular complexity index is 439. The van der Waals surface area contributed by atoms with E-state index >= 15 is 0 Å². The van der Waals surface area contributed by atoms with E-state index in [1.54, 1.807) is 0 Å². The van der Waals surface area contributed by atoms with Gasteiger partial charge >= 0.3 is 0 Å². The Morgan fingerprint density at radius 1 is 0.905 bits per heavy atom. The molecule has 0 N–H and O–H groups in total. The summed E-state index contributed by atoms with van der Waals surface area (Å²) in [6.45, 7) is 16.2. The van der Waals surface area contributed by atoms with E-state index in [0.717, 1.165) is 18.3 Å². The highest BCUT2D eigenvalue weighted by Gasteiger charge is 2.61. The maximum Gasteiger partial charge on any atom is 0.0839 e. The number of hydrogen-bond acceptors (Lipinski definition) is 1. The molecule has 21 heavy (non-hydrogen) atoms. The maximum absolute atomic E-state index is 6.68. The van der Waals surface area contributed by atoms with Crippen LogP contribution in [0.5, 0.6) is 0 Å². The molecule has 1 aliphatic heterocycles. The molecule has 1 heteroatoms. The molecule has 3 aliphatic rings. The van der Waals surface area contributed by atoms with Gasteiger partial charge in [-0.1, -0.05) is 33.3 Å². The zero-order chi connectivity index (χ0) is 15.5. The van der Waals surface area contributed by atoms with Gasteiger partial charge in [0.1, 0.15) is 0 Å². The fourth-order valence-corrected chi connectivity index (χ4v) is 6.52. The largest absolute Gasteiger partial charge is 0.365 e. The molecule has 0 amide bonds. The first-order chi connectivity index (χ1) is 9.65. The van der Waals surface area contributed by atoms with Crippen LogP contribution in [0.4, 0.5) is 0 Å². The van der Waals surface area contributed by atoms with Gasteiger partial charge in [-0.25, -0.2) is 0 Å². The van der Waals surface area contributed by atoms with Crippen molar-refractivity contribution in [1.29, 1.82) is 0 Å². The van der Waals surface area contributed by atoms with Gasteiger partial charge in [0, 0.05) is 0 Å². The van der Waals surface area contributed by atoms with Crippen LogP contribution in [0.2, 0.25) is 0 Å². The molecule has 0 bridgehead atoms. The van der Waals surface area contributed by atoms with E-state index in [1.165, 1.54) is 38.5 Å². The molecule has 0 aromatic rings. The second-order valence-corrected chi connectivity index (χ2v) is 9.46. The summed E-state index contributed by atoms with van der Waals surface area (Å²) < 4.78 is 6.68. The zero-order valence-corrected chi connectivity index (χ0v) is 14.8. The monoisotopic (exact) mass is 290 g/mol. The third kappa shape index (κ3) is 2.22. The Labute approximate surface area is 131 Å². The normalized spacial score (nSPS) is 52.6. The minimum absolute atomic E-state index is 0.0554. The summed E-state index contributed by atoms with van der Waals surface area (Å²) in [5.74, 6) is 1.59. The van der Waals surface area contributed by atoms with Crippen LogP contribution in [0, 0.1) is 22.7 Å². The lowest BCUT2D eigenvalue weighted by atomic mass is 9.44. The summed E-state index contributed by atoms with van der Waals surface area (Å²) in [5.41, 5.74) is 0.920. The topological polar surface area (TPSA) is 9.23 Å². The van der Waals surface area contributed by atoms with Crippen molar-refractivity contribution in [1.82, 2.24) is 0 Å². The summed E-state index contributed by atoms with van der Waals surface area (Å²) in [7, 11) is 0. The smallest absolute Gasteiger partial charge is 0.0839 e. The van der Waals surface area contributed by atoms with E-state index < -0.39 is 0 Å². The Hall–Kier alpha value is -0.300. The second-order valence-electron chi connectivity index (χ2n) is 9.46. The van der Waals surface area contributed by atoms with Crippen LogP contribution in [0.15, 0.2) is 12.7 Å². The van der Waals surface area contributed by atoms with Gasteiger partial charge in [0.25, 0.3) is 0 Å². The van der Waals surface area contributed by atoms with E-state index in [2.05, 4.69) is 41.2 Å². The highest BCUT2D eigenvalue weighted by molar-refractivity contribution is 5.12. The van der Waals surface area contributed by atoms with Crippen LogP contribution in [0.25, 0.3) is 0 Å². The first kappa shape index (κ1) is 15.6. The molecular weight excluding hydrogens is 256 g/mol. The highest BCUT2D eigenvalue weighted by Crippen LogP contribution is 2.65. The van der Waals surface area contributed by atoms with Crippen molar-refractivity contribution in [3.8, 4) is 0 Å². The molecule has 0 unspecified atom stereocenters. The first-order valence-electron chi connectivity index (χ1n) is 8.99. The van der Waals surface area contributed by atoms with E-state index in [1.807, 2.05) is 6.08 Å². The molecule has 0 radical (unpaired) electrons. The molecular formula is C20H34O. The predicted octanol–water partition coefficient (Wildman–Crippen LogP) is 5.74. The summed E-state index contributed by atoms with van der Waals surface area (Å²) in [6, 6.07) is 0. The molecule has 120 valence electrons. The van der Waals surface area contributed by atoms with Gasteiger partial charge in [0.05, 0.1) is 11.2 Å². The van der Waals surface area contributed by atoms with Gasteiger partial charge in [0.15, 0.2) is 0 Å². The number of ether oxygens (including phenoxy) is 1. The SMILES string of the molecule is C=C[C@@]1(C)CC[C@@H]2[C@@]3(C)CCCC(C)(C)[C@@H]3CC[C@]2(C)O1. The van der Waals surface area contributed by atoms with Crippen molar-refractivity contribution in [3.05, 3.63) is 12.7 Å². The van der Waals surface area contributed by atoms with Gasteiger partial charge in [-0.05, 0) is 75.0 Å². The fraction of sp³-hybridized carbons (Fsp3) is 0.900. The Balaban J connectivity index is 1.94. The number of rotatable bonds is 1. The van der Waals surface area contributed by atoms with E-state index in [-0.39, 0.29) is 11.2 Å². The average Bonchev–Trinajstić information content (AvgIpc) is 2.36. The summed E-state index contributed by atoms with van der Waals surface area (Å²) in [4.78, 5) is 0. The Kier molecular flexibility index (Phi) is 3.41. The molecule has 1 saturated heterocycles. The van der Waals surface area contributed by atoms with Gasteiger partial charge in [-0.2, -0.15) is 0 Å². The van der Waals surface area contributed by atoms with Crippen LogP contribution >= 0.6 is 0 Å². The quantitative estimate of drug-likeness (QED) is 0.559. The van der Waals surface area contributed by atoms with Gasteiger partial charge in [-0.15, -0.1) is 6.58 Å². The lowest BCUT2D eigenvalue weighted by molar-refractivity contribution is -0.252. The van der Waals surface area contributed by atoms with Gasteiger partial charge < -0.3 is 4.74 Å². The summed E-state index contributed by atoms with van der Waals surface area (Å²) >= 11 is 0. The molecule has 3 fully saturated rings. The average molecular weight is 290 g/mol. The van der Waals surface area contributed by atoms with Crippen molar-refractivity contribution >= 4 is 0 Å². The first-order valence-corrected chi connectivity index (χ1v) is 8.99. The van der Waals surface area contributed by atoms with Gasteiger partial charge in [0.2, 0.25) is 0 Å². The summed E-state index contributed by atoms with van der Waals surface area (Å²) in [5, 5.41) is 0. The third-order valence-corrected chi connectivity index (χ3v) is 7.57. The minimum Gasteiger partial charge on any atom is -0.365 e. The van der Waals surface area contributed by atoms with Crippen molar-refractivity contribution in [2.45, 2.75) is 90.8 Å².